The SMILES string of the molecule is C=Cn1cc[n+](Cc2cc(CC)cc(C[n+]3ccn(CC)c3)c2)c1. The van der Waals surface area contributed by atoms with E-state index < -0.39 is 0 Å². The highest BCUT2D eigenvalue weighted by Gasteiger charge is 2.08. The Morgan fingerprint density at radius 2 is 1.54 bits per heavy atom. The molecule has 2 aromatic heterocycles. The van der Waals surface area contributed by atoms with Crippen LogP contribution in [0.15, 0.2) is 62.2 Å². The summed E-state index contributed by atoms with van der Waals surface area (Å²) < 4.78 is 8.58. The summed E-state index contributed by atoms with van der Waals surface area (Å²) in [6.45, 7) is 11.0. The van der Waals surface area contributed by atoms with Crippen LogP contribution in [0.5, 0.6) is 0 Å². The van der Waals surface area contributed by atoms with Crippen LogP contribution in [0.2, 0.25) is 0 Å². The fraction of sp³-hybridized carbons (Fsp3) is 0.300. The van der Waals surface area contributed by atoms with Gasteiger partial charge in [0, 0.05) is 0 Å². The molecule has 4 nitrogen and oxygen atoms in total. The summed E-state index contributed by atoms with van der Waals surface area (Å²) >= 11 is 0. The van der Waals surface area contributed by atoms with Crippen molar-refractivity contribution in [2.75, 3.05) is 0 Å². The van der Waals surface area contributed by atoms with Crippen LogP contribution in [0.3, 0.4) is 0 Å². The lowest BCUT2D eigenvalue weighted by molar-refractivity contribution is -0.688. The highest BCUT2D eigenvalue weighted by Crippen LogP contribution is 2.11. The summed E-state index contributed by atoms with van der Waals surface area (Å²) in [5.74, 6) is 0. The summed E-state index contributed by atoms with van der Waals surface area (Å²) in [4.78, 5) is 0. The van der Waals surface area contributed by atoms with Crippen LogP contribution in [0.1, 0.15) is 30.5 Å². The van der Waals surface area contributed by atoms with Gasteiger partial charge in [-0.25, -0.2) is 18.3 Å². The molecule has 0 amide bonds. The fourth-order valence-electron chi connectivity index (χ4n) is 2.98. The Kier molecular flexibility index (Phi) is 4.94. The van der Waals surface area contributed by atoms with Crippen LogP contribution in [0.4, 0.5) is 0 Å². The minimum Gasteiger partial charge on any atom is -0.237 e. The van der Waals surface area contributed by atoms with Gasteiger partial charge >= 0.3 is 0 Å². The van der Waals surface area contributed by atoms with Gasteiger partial charge in [0.1, 0.15) is 37.9 Å². The number of rotatable bonds is 7. The molecule has 0 unspecified atom stereocenters. The van der Waals surface area contributed by atoms with Gasteiger partial charge in [-0.3, -0.25) is 0 Å². The normalized spacial score (nSPS) is 10.9. The number of hydrogen-bond acceptors (Lipinski definition) is 0. The van der Waals surface area contributed by atoms with Crippen LogP contribution in [0, 0.1) is 0 Å². The van der Waals surface area contributed by atoms with E-state index in [1.807, 2.05) is 10.8 Å². The molecule has 0 saturated heterocycles. The molecule has 0 N–H and O–H groups in total. The average molecular weight is 322 g/mol. The zero-order valence-corrected chi connectivity index (χ0v) is 14.6. The fourth-order valence-corrected chi connectivity index (χ4v) is 2.98. The number of benzene rings is 1. The van der Waals surface area contributed by atoms with Crippen molar-refractivity contribution in [3.05, 3.63) is 78.9 Å². The molecule has 0 fully saturated rings. The maximum absolute atomic E-state index is 3.79. The Labute approximate surface area is 143 Å². The summed E-state index contributed by atoms with van der Waals surface area (Å²) in [5, 5.41) is 0. The largest absolute Gasteiger partial charge is 0.248 e. The molecule has 0 aliphatic rings. The Bertz CT molecular complexity index is 826. The number of aryl methyl sites for hydroxylation is 2. The molecule has 0 radical (unpaired) electrons. The molecule has 3 aromatic rings. The van der Waals surface area contributed by atoms with Crippen molar-refractivity contribution in [1.82, 2.24) is 9.13 Å². The summed E-state index contributed by atoms with van der Waals surface area (Å²) in [6.07, 6.45) is 15.4. The molecule has 0 aliphatic carbocycles. The minimum absolute atomic E-state index is 0.877. The number of imidazole rings is 2. The average Bonchev–Trinajstić information content (AvgIpc) is 3.23. The molecule has 4 heteroatoms. The molecular formula is C20H26N4+2. The molecule has 3 rings (SSSR count). The van der Waals surface area contributed by atoms with E-state index in [0.717, 1.165) is 26.1 Å². The standard InChI is InChI=1S/C20H26N4/c1-4-18-11-19(14-23-9-7-21(5-2)16-23)13-20(12-18)15-24-10-8-22(6-3)17-24/h5,7-13,16-17H,2,4,6,14-15H2,1,3H3/q+2. The highest BCUT2D eigenvalue weighted by molar-refractivity contribution is 5.29. The van der Waals surface area contributed by atoms with Crippen molar-refractivity contribution in [3.63, 3.8) is 0 Å². The Morgan fingerprint density at radius 1 is 0.917 bits per heavy atom. The summed E-state index contributed by atoms with van der Waals surface area (Å²) in [6, 6.07) is 6.94. The number of aromatic nitrogens is 4. The predicted octanol–water partition coefficient (Wildman–Crippen LogP) is 2.64. The third kappa shape index (κ3) is 3.82. The van der Waals surface area contributed by atoms with Gasteiger partial charge in [0.2, 0.25) is 12.7 Å². The second-order valence-electron chi connectivity index (χ2n) is 6.14. The molecule has 0 spiro atoms. The van der Waals surface area contributed by atoms with Gasteiger partial charge < -0.3 is 0 Å². The molecule has 2 heterocycles. The molecule has 0 atom stereocenters. The van der Waals surface area contributed by atoms with Crippen LogP contribution in [-0.2, 0) is 26.1 Å². The topological polar surface area (TPSA) is 17.6 Å². The van der Waals surface area contributed by atoms with Crippen molar-refractivity contribution in [2.45, 2.75) is 39.9 Å². The third-order valence-electron chi connectivity index (χ3n) is 4.29. The van der Waals surface area contributed by atoms with Gasteiger partial charge in [-0.15, -0.1) is 0 Å². The van der Waals surface area contributed by atoms with Gasteiger partial charge in [-0.2, -0.15) is 0 Å². The van der Waals surface area contributed by atoms with Crippen LogP contribution >= 0.6 is 0 Å². The zero-order chi connectivity index (χ0) is 16.9. The first-order valence-electron chi connectivity index (χ1n) is 8.55. The smallest absolute Gasteiger partial charge is 0.237 e. The Morgan fingerprint density at radius 3 is 2.08 bits per heavy atom. The van der Waals surface area contributed by atoms with E-state index in [1.54, 1.807) is 6.20 Å². The van der Waals surface area contributed by atoms with Crippen molar-refractivity contribution in [1.29, 1.82) is 0 Å². The molecule has 124 valence electrons. The summed E-state index contributed by atoms with van der Waals surface area (Å²) in [7, 11) is 0. The second-order valence-corrected chi connectivity index (χ2v) is 6.14. The van der Waals surface area contributed by atoms with E-state index in [0.29, 0.717) is 0 Å². The lowest BCUT2D eigenvalue weighted by Crippen LogP contribution is -2.33. The van der Waals surface area contributed by atoms with E-state index in [-0.39, 0.29) is 0 Å². The van der Waals surface area contributed by atoms with Gasteiger partial charge in [0.25, 0.3) is 0 Å². The van der Waals surface area contributed by atoms with Crippen molar-refractivity contribution in [3.8, 4) is 0 Å². The number of nitrogens with zero attached hydrogens (tertiary/aromatic N) is 4. The Hall–Kier alpha value is -2.62. The van der Waals surface area contributed by atoms with E-state index in [2.05, 4.69) is 83.6 Å². The van der Waals surface area contributed by atoms with E-state index in [9.17, 15) is 0 Å². The number of hydrogen-bond donors (Lipinski definition) is 0. The van der Waals surface area contributed by atoms with Crippen LogP contribution < -0.4 is 9.13 Å². The lowest BCUT2D eigenvalue weighted by Gasteiger charge is -2.07. The van der Waals surface area contributed by atoms with E-state index in [1.165, 1.54) is 16.7 Å². The van der Waals surface area contributed by atoms with Crippen molar-refractivity contribution >= 4 is 6.20 Å². The van der Waals surface area contributed by atoms with Gasteiger partial charge in [0.05, 0.1) is 12.7 Å². The van der Waals surface area contributed by atoms with Crippen LogP contribution in [0.25, 0.3) is 6.20 Å². The first-order valence-corrected chi connectivity index (χ1v) is 8.55. The first kappa shape index (κ1) is 16.2. The van der Waals surface area contributed by atoms with Crippen molar-refractivity contribution < 1.29 is 9.13 Å². The summed E-state index contributed by atoms with van der Waals surface area (Å²) in [5.41, 5.74) is 4.08. The van der Waals surface area contributed by atoms with E-state index in [4.69, 9.17) is 0 Å². The molecule has 0 bridgehead atoms. The molecule has 0 saturated carbocycles. The van der Waals surface area contributed by atoms with Gasteiger partial charge in [0.15, 0.2) is 0 Å². The van der Waals surface area contributed by atoms with E-state index >= 15 is 0 Å². The van der Waals surface area contributed by atoms with Gasteiger partial charge in [-0.05, 0) is 36.1 Å². The molecule has 0 aliphatic heterocycles. The maximum Gasteiger partial charge on any atom is 0.248 e. The Balaban J connectivity index is 1.82. The quantitative estimate of drug-likeness (QED) is 0.595. The maximum atomic E-state index is 3.79. The predicted molar refractivity (Wildman–Crippen MR) is 95.3 cm³/mol. The zero-order valence-electron chi connectivity index (χ0n) is 14.6. The highest BCUT2D eigenvalue weighted by atomic mass is 15.1. The second kappa shape index (κ2) is 7.30. The minimum atomic E-state index is 0.877. The molecule has 1 aromatic carbocycles. The molecular weight excluding hydrogens is 296 g/mol. The van der Waals surface area contributed by atoms with Crippen LogP contribution in [-0.4, -0.2) is 9.13 Å². The third-order valence-corrected chi connectivity index (χ3v) is 4.29. The van der Waals surface area contributed by atoms with Crippen molar-refractivity contribution in [2.24, 2.45) is 0 Å². The first-order chi connectivity index (χ1) is 11.7. The van der Waals surface area contributed by atoms with Gasteiger partial charge in [-0.1, -0.05) is 25.6 Å². The lowest BCUT2D eigenvalue weighted by atomic mass is 10.0. The molecule has 24 heavy (non-hydrogen) atoms. The monoisotopic (exact) mass is 322 g/mol.